The third kappa shape index (κ3) is 3.45. The van der Waals surface area contributed by atoms with Gasteiger partial charge in [-0.25, -0.2) is 8.78 Å². The molecule has 31 heavy (non-hydrogen) atoms. The third-order valence-electron chi connectivity index (χ3n) is 5.44. The number of halogens is 5. The van der Waals surface area contributed by atoms with Crippen LogP contribution in [0.2, 0.25) is 0 Å². The summed E-state index contributed by atoms with van der Waals surface area (Å²) in [6, 6.07) is 8.91. The number of aryl methyl sites for hydroxylation is 1. The number of benzene rings is 2. The molecule has 162 valence electrons. The number of hydrogen-bond donors (Lipinski definition) is 0. The van der Waals surface area contributed by atoms with Crippen LogP contribution in [0.15, 0.2) is 48.8 Å². The van der Waals surface area contributed by atoms with Crippen molar-refractivity contribution in [2.45, 2.75) is 31.5 Å². The van der Waals surface area contributed by atoms with Crippen LogP contribution >= 0.6 is 0 Å². The molecule has 1 unspecified atom stereocenters. The molecule has 0 fully saturated rings. The molecule has 0 saturated carbocycles. The minimum absolute atomic E-state index is 0.0642. The highest BCUT2D eigenvalue weighted by molar-refractivity contribution is 6.10. The molecule has 0 aliphatic carbocycles. The van der Waals surface area contributed by atoms with Gasteiger partial charge >= 0.3 is 6.18 Å². The van der Waals surface area contributed by atoms with Crippen molar-refractivity contribution in [1.82, 2.24) is 14.8 Å². The predicted molar refractivity (Wildman–Crippen MR) is 102 cm³/mol. The van der Waals surface area contributed by atoms with Gasteiger partial charge in [0.25, 0.3) is 5.91 Å². The van der Waals surface area contributed by atoms with E-state index in [-0.39, 0.29) is 34.7 Å². The summed E-state index contributed by atoms with van der Waals surface area (Å²) < 4.78 is 71.8. The minimum Gasteiger partial charge on any atom is -0.318 e. The van der Waals surface area contributed by atoms with E-state index in [1.165, 1.54) is 54.3 Å². The lowest BCUT2D eigenvalue weighted by molar-refractivity contribution is -0.138. The third-order valence-corrected chi connectivity index (χ3v) is 5.44. The fourth-order valence-corrected chi connectivity index (χ4v) is 3.70. The van der Waals surface area contributed by atoms with Crippen LogP contribution in [-0.4, -0.2) is 20.7 Å². The van der Waals surface area contributed by atoms with Crippen molar-refractivity contribution in [3.8, 4) is 0 Å². The number of anilines is 1. The molecule has 1 aromatic heterocycles. The highest BCUT2D eigenvalue weighted by atomic mass is 19.4. The molecule has 3 aromatic rings. The van der Waals surface area contributed by atoms with Crippen molar-refractivity contribution in [3.63, 3.8) is 0 Å². The summed E-state index contributed by atoms with van der Waals surface area (Å²) in [6.45, 7) is 0.715. The molecule has 5 nitrogen and oxygen atoms in total. The summed E-state index contributed by atoms with van der Waals surface area (Å²) in [5, 5.41) is 7.16. The Hall–Kier alpha value is -3.30. The van der Waals surface area contributed by atoms with Gasteiger partial charge in [0, 0.05) is 18.3 Å². The van der Waals surface area contributed by atoms with Crippen molar-refractivity contribution in [1.29, 1.82) is 0 Å². The molecule has 0 radical (unpaired) electrons. The van der Waals surface area contributed by atoms with Gasteiger partial charge in [0.05, 0.1) is 12.1 Å². The maximum absolute atomic E-state index is 15.5. The van der Waals surface area contributed by atoms with Gasteiger partial charge in [0.15, 0.2) is 17.7 Å². The maximum Gasteiger partial charge on any atom is 0.416 e. The number of hydrogen-bond acceptors (Lipinski definition) is 3. The van der Waals surface area contributed by atoms with Crippen LogP contribution in [0, 0.1) is 0 Å². The number of amides is 1. The molecular weight excluding hydrogens is 419 g/mol. The largest absolute Gasteiger partial charge is 0.416 e. The van der Waals surface area contributed by atoms with Crippen molar-refractivity contribution < 1.29 is 26.7 Å². The SMILES string of the molecule is Cn1cnnc1[C@H](F)C(C)(F)c1cccc(N2Cc3c(cccc3C(F)(F)F)C2=O)c1. The average molecular weight is 436 g/mol. The molecule has 1 aliphatic rings. The molecule has 0 saturated heterocycles. The first-order valence-electron chi connectivity index (χ1n) is 9.30. The fourth-order valence-electron chi connectivity index (χ4n) is 3.70. The van der Waals surface area contributed by atoms with Crippen molar-refractivity contribution in [3.05, 3.63) is 76.9 Å². The van der Waals surface area contributed by atoms with E-state index < -0.39 is 29.5 Å². The zero-order chi connectivity index (χ0) is 22.6. The molecule has 0 spiro atoms. The minimum atomic E-state index is -4.61. The standard InChI is InChI=1S/C21H17F5N4O/c1-20(23,17(22)18-28-27-11-29(18)2)12-5-3-6-13(9-12)30-10-15-14(19(30)31)7-4-8-16(15)21(24,25)26/h3-9,11,17H,10H2,1-2H3/t17-,20?/m0/s1. The fraction of sp³-hybridized carbons (Fsp3) is 0.286. The Morgan fingerprint density at radius 3 is 2.45 bits per heavy atom. The van der Waals surface area contributed by atoms with E-state index in [0.29, 0.717) is 0 Å². The molecule has 2 aromatic carbocycles. The van der Waals surface area contributed by atoms with Gasteiger partial charge in [-0.1, -0.05) is 18.2 Å². The summed E-state index contributed by atoms with van der Waals surface area (Å²) in [4.78, 5) is 13.9. The number of rotatable bonds is 4. The lowest BCUT2D eigenvalue weighted by Crippen LogP contribution is -2.27. The van der Waals surface area contributed by atoms with Gasteiger partial charge < -0.3 is 9.47 Å². The van der Waals surface area contributed by atoms with E-state index in [4.69, 9.17) is 0 Å². The van der Waals surface area contributed by atoms with E-state index in [2.05, 4.69) is 10.2 Å². The van der Waals surface area contributed by atoms with E-state index in [1.54, 1.807) is 0 Å². The zero-order valence-electron chi connectivity index (χ0n) is 16.5. The first-order valence-corrected chi connectivity index (χ1v) is 9.30. The van der Waals surface area contributed by atoms with E-state index in [9.17, 15) is 22.4 Å². The van der Waals surface area contributed by atoms with E-state index >= 15 is 4.39 Å². The Morgan fingerprint density at radius 1 is 1.10 bits per heavy atom. The molecule has 0 N–H and O–H groups in total. The van der Waals surface area contributed by atoms with Crippen molar-refractivity contribution in [2.24, 2.45) is 7.05 Å². The van der Waals surface area contributed by atoms with Gasteiger partial charge in [-0.2, -0.15) is 13.2 Å². The van der Waals surface area contributed by atoms with Gasteiger partial charge in [0.1, 0.15) is 6.33 Å². The summed E-state index contributed by atoms with van der Waals surface area (Å²) in [5.41, 5.74) is -3.54. The highest BCUT2D eigenvalue weighted by Crippen LogP contribution is 2.43. The molecule has 1 amide bonds. The second-order valence-corrected chi connectivity index (χ2v) is 7.51. The number of fused-ring (bicyclic) bond motifs is 1. The van der Waals surface area contributed by atoms with Crippen LogP contribution in [-0.2, 0) is 25.4 Å². The molecular formula is C21H17F5N4O. The van der Waals surface area contributed by atoms with Crippen LogP contribution in [0.5, 0.6) is 0 Å². The summed E-state index contributed by atoms with van der Waals surface area (Å²) in [7, 11) is 1.48. The smallest absolute Gasteiger partial charge is 0.318 e. The summed E-state index contributed by atoms with van der Waals surface area (Å²) in [6.07, 6.45) is -5.52. The van der Waals surface area contributed by atoms with Crippen LogP contribution in [0.25, 0.3) is 0 Å². The van der Waals surface area contributed by atoms with Crippen LogP contribution < -0.4 is 4.90 Å². The molecule has 4 rings (SSSR count). The second kappa shape index (κ2) is 7.14. The number of carbonyl (C=O) groups excluding carboxylic acids is 1. The van der Waals surface area contributed by atoms with Crippen LogP contribution in [0.4, 0.5) is 27.6 Å². The predicted octanol–water partition coefficient (Wildman–Crippen LogP) is 4.89. The normalized spacial score (nSPS) is 16.9. The number of carbonyl (C=O) groups is 1. The average Bonchev–Trinajstić information content (AvgIpc) is 3.30. The first-order chi connectivity index (χ1) is 14.5. The zero-order valence-corrected chi connectivity index (χ0v) is 16.5. The van der Waals surface area contributed by atoms with Crippen molar-refractivity contribution >= 4 is 11.6 Å². The van der Waals surface area contributed by atoms with Gasteiger partial charge in [-0.05, 0) is 42.3 Å². The topological polar surface area (TPSA) is 51.0 Å². The van der Waals surface area contributed by atoms with Crippen LogP contribution in [0.3, 0.4) is 0 Å². The second-order valence-electron chi connectivity index (χ2n) is 7.51. The number of nitrogens with zero attached hydrogens (tertiary/aromatic N) is 4. The lowest BCUT2D eigenvalue weighted by atomic mass is 9.92. The first kappa shape index (κ1) is 21.0. The van der Waals surface area contributed by atoms with Gasteiger partial charge in [-0.3, -0.25) is 4.79 Å². The summed E-state index contributed by atoms with van der Waals surface area (Å²) >= 11 is 0. The quantitative estimate of drug-likeness (QED) is 0.548. The van der Waals surface area contributed by atoms with Gasteiger partial charge in [-0.15, -0.1) is 10.2 Å². The Bertz CT molecular complexity index is 1150. The Balaban J connectivity index is 1.69. The number of alkyl halides is 5. The van der Waals surface area contributed by atoms with Crippen molar-refractivity contribution in [2.75, 3.05) is 4.90 Å². The lowest BCUT2D eigenvalue weighted by Gasteiger charge is -2.26. The molecule has 0 bridgehead atoms. The maximum atomic E-state index is 15.5. The van der Waals surface area contributed by atoms with E-state index in [0.717, 1.165) is 17.9 Å². The molecule has 1 aliphatic heterocycles. The van der Waals surface area contributed by atoms with Crippen LogP contribution in [0.1, 0.15) is 46.0 Å². The molecule has 10 heteroatoms. The Labute approximate surface area is 174 Å². The summed E-state index contributed by atoms with van der Waals surface area (Å²) in [5.74, 6) is -0.848. The van der Waals surface area contributed by atoms with Gasteiger partial charge in [0.2, 0.25) is 0 Å². The van der Waals surface area contributed by atoms with E-state index in [1.807, 2.05) is 0 Å². The number of aromatic nitrogens is 3. The molecule has 2 atom stereocenters. The Kier molecular flexibility index (Phi) is 4.83. The highest BCUT2D eigenvalue weighted by Gasteiger charge is 2.42. The molecule has 2 heterocycles. The Morgan fingerprint density at radius 2 is 1.81 bits per heavy atom. The monoisotopic (exact) mass is 436 g/mol.